The second-order valence-corrected chi connectivity index (χ2v) is 5.28. The van der Waals surface area contributed by atoms with E-state index in [1.165, 1.54) is 24.3 Å². The molecule has 3 N–H and O–H groups in total. The number of carbonyl (C=O) groups is 1. The SMILES string of the molecule is CCNS(=O)(=O)c1ccc(NC(=O)OCCO)cc1. The largest absolute Gasteiger partial charge is 0.447 e. The molecular weight excluding hydrogens is 272 g/mol. The van der Waals surface area contributed by atoms with Crippen LogP contribution in [0.15, 0.2) is 29.2 Å². The highest BCUT2D eigenvalue weighted by Crippen LogP contribution is 2.14. The molecule has 0 fully saturated rings. The quantitative estimate of drug-likeness (QED) is 0.708. The van der Waals surface area contributed by atoms with Gasteiger partial charge in [-0.25, -0.2) is 17.9 Å². The van der Waals surface area contributed by atoms with Crippen LogP contribution in [0.3, 0.4) is 0 Å². The molecule has 1 aromatic carbocycles. The zero-order valence-electron chi connectivity index (χ0n) is 10.4. The van der Waals surface area contributed by atoms with Crippen molar-refractivity contribution in [3.8, 4) is 0 Å². The third kappa shape index (κ3) is 4.86. The van der Waals surface area contributed by atoms with Gasteiger partial charge < -0.3 is 9.84 Å². The van der Waals surface area contributed by atoms with E-state index in [0.29, 0.717) is 12.2 Å². The van der Waals surface area contributed by atoms with Gasteiger partial charge in [-0.3, -0.25) is 5.32 Å². The molecule has 0 aromatic heterocycles. The molecule has 0 aliphatic rings. The van der Waals surface area contributed by atoms with Crippen molar-refractivity contribution in [2.24, 2.45) is 0 Å². The molecule has 0 aliphatic heterocycles. The summed E-state index contributed by atoms with van der Waals surface area (Å²) in [5.41, 5.74) is 0.401. The van der Waals surface area contributed by atoms with Gasteiger partial charge in [0.05, 0.1) is 11.5 Å². The summed E-state index contributed by atoms with van der Waals surface area (Å²) in [6.45, 7) is 1.63. The fourth-order valence-corrected chi connectivity index (χ4v) is 2.32. The number of aliphatic hydroxyl groups excluding tert-OH is 1. The number of ether oxygens (including phenoxy) is 1. The molecule has 0 saturated heterocycles. The summed E-state index contributed by atoms with van der Waals surface area (Å²) in [5, 5.41) is 10.9. The predicted octanol–water partition coefficient (Wildman–Crippen LogP) is 0.526. The first-order valence-corrected chi connectivity index (χ1v) is 7.12. The normalized spacial score (nSPS) is 11.1. The van der Waals surface area contributed by atoms with E-state index in [9.17, 15) is 13.2 Å². The van der Waals surface area contributed by atoms with Crippen molar-refractivity contribution in [2.75, 3.05) is 25.1 Å². The standard InChI is InChI=1S/C11H16N2O5S/c1-2-12-19(16,17)10-5-3-9(4-6-10)13-11(15)18-8-7-14/h3-6,12,14H,2,7-8H2,1H3,(H,13,15). The predicted molar refractivity (Wildman–Crippen MR) is 69.4 cm³/mol. The van der Waals surface area contributed by atoms with Crippen molar-refractivity contribution in [1.29, 1.82) is 0 Å². The summed E-state index contributed by atoms with van der Waals surface area (Å²) in [6.07, 6.45) is -0.712. The molecule has 8 heteroatoms. The lowest BCUT2D eigenvalue weighted by atomic mass is 10.3. The van der Waals surface area contributed by atoms with Gasteiger partial charge in [0, 0.05) is 12.2 Å². The maximum Gasteiger partial charge on any atom is 0.411 e. The second-order valence-electron chi connectivity index (χ2n) is 3.51. The van der Waals surface area contributed by atoms with E-state index in [2.05, 4.69) is 14.8 Å². The smallest absolute Gasteiger partial charge is 0.411 e. The Balaban J connectivity index is 2.69. The van der Waals surface area contributed by atoms with Crippen LogP contribution in [-0.2, 0) is 14.8 Å². The van der Waals surface area contributed by atoms with Gasteiger partial charge in [-0.1, -0.05) is 6.92 Å². The van der Waals surface area contributed by atoms with E-state index in [0.717, 1.165) is 0 Å². The van der Waals surface area contributed by atoms with Crippen LogP contribution in [-0.4, -0.2) is 39.4 Å². The Bertz CT molecular complexity index is 512. The Morgan fingerprint density at radius 3 is 2.47 bits per heavy atom. The number of rotatable bonds is 6. The molecule has 7 nitrogen and oxygen atoms in total. The van der Waals surface area contributed by atoms with E-state index in [1.807, 2.05) is 0 Å². The Labute approximate surface area is 111 Å². The highest BCUT2D eigenvalue weighted by atomic mass is 32.2. The van der Waals surface area contributed by atoms with Gasteiger partial charge in [-0.15, -0.1) is 0 Å². The third-order valence-corrected chi connectivity index (χ3v) is 3.63. The Morgan fingerprint density at radius 1 is 1.32 bits per heavy atom. The first-order valence-electron chi connectivity index (χ1n) is 5.64. The summed E-state index contributed by atoms with van der Waals surface area (Å²) in [5.74, 6) is 0. The number of anilines is 1. The number of hydrogen-bond donors (Lipinski definition) is 3. The summed E-state index contributed by atoms with van der Waals surface area (Å²) in [6, 6.07) is 5.65. The van der Waals surface area contributed by atoms with Crippen LogP contribution in [0.4, 0.5) is 10.5 Å². The number of sulfonamides is 1. The van der Waals surface area contributed by atoms with Gasteiger partial charge >= 0.3 is 6.09 Å². The topological polar surface area (TPSA) is 105 Å². The first-order chi connectivity index (χ1) is 8.99. The summed E-state index contributed by atoms with van der Waals surface area (Å²) < 4.78 is 30.3. The molecule has 0 atom stereocenters. The molecule has 1 amide bonds. The summed E-state index contributed by atoms with van der Waals surface area (Å²) >= 11 is 0. The van der Waals surface area contributed by atoms with Gasteiger partial charge in [-0.05, 0) is 24.3 Å². The number of carbonyl (C=O) groups excluding carboxylic acids is 1. The Hall–Kier alpha value is -1.64. The molecule has 0 aliphatic carbocycles. The van der Waals surface area contributed by atoms with Crippen LogP contribution in [0.25, 0.3) is 0 Å². The molecule has 1 aromatic rings. The van der Waals surface area contributed by atoms with E-state index in [1.54, 1.807) is 6.92 Å². The second kappa shape index (κ2) is 7.07. The van der Waals surface area contributed by atoms with Crippen molar-refractivity contribution in [3.05, 3.63) is 24.3 Å². The lowest BCUT2D eigenvalue weighted by molar-refractivity contribution is 0.131. The number of amides is 1. The van der Waals surface area contributed by atoms with Gasteiger partial charge in [0.2, 0.25) is 10.0 Å². The van der Waals surface area contributed by atoms with E-state index < -0.39 is 16.1 Å². The van der Waals surface area contributed by atoms with Crippen molar-refractivity contribution in [3.63, 3.8) is 0 Å². The maximum absolute atomic E-state index is 11.7. The molecule has 0 radical (unpaired) electrons. The van der Waals surface area contributed by atoms with E-state index in [-0.39, 0.29) is 18.1 Å². The van der Waals surface area contributed by atoms with E-state index in [4.69, 9.17) is 5.11 Å². The minimum atomic E-state index is -3.50. The van der Waals surface area contributed by atoms with Crippen LogP contribution in [0.5, 0.6) is 0 Å². The summed E-state index contributed by atoms with van der Waals surface area (Å²) in [4.78, 5) is 11.3. The molecule has 0 saturated carbocycles. The number of nitrogens with one attached hydrogen (secondary N) is 2. The molecule has 0 unspecified atom stereocenters. The molecule has 0 heterocycles. The maximum atomic E-state index is 11.7. The van der Waals surface area contributed by atoms with Crippen molar-refractivity contribution >= 4 is 21.8 Å². The first kappa shape index (κ1) is 15.4. The van der Waals surface area contributed by atoms with Gasteiger partial charge in [0.25, 0.3) is 0 Å². The Morgan fingerprint density at radius 2 is 1.95 bits per heavy atom. The monoisotopic (exact) mass is 288 g/mol. The number of hydrogen-bond acceptors (Lipinski definition) is 5. The minimum Gasteiger partial charge on any atom is -0.447 e. The molecule has 0 spiro atoms. The van der Waals surface area contributed by atoms with Gasteiger partial charge in [0.15, 0.2) is 0 Å². The van der Waals surface area contributed by atoms with Gasteiger partial charge in [0.1, 0.15) is 6.61 Å². The van der Waals surface area contributed by atoms with Crippen LogP contribution >= 0.6 is 0 Å². The van der Waals surface area contributed by atoms with Gasteiger partial charge in [-0.2, -0.15) is 0 Å². The van der Waals surface area contributed by atoms with Crippen molar-refractivity contribution in [1.82, 2.24) is 4.72 Å². The zero-order chi connectivity index (χ0) is 14.3. The number of benzene rings is 1. The molecule has 106 valence electrons. The van der Waals surface area contributed by atoms with Crippen LogP contribution in [0.2, 0.25) is 0 Å². The molecular formula is C11H16N2O5S. The zero-order valence-corrected chi connectivity index (χ0v) is 11.2. The lowest BCUT2D eigenvalue weighted by Gasteiger charge is -2.07. The average Bonchev–Trinajstić information content (AvgIpc) is 2.37. The highest BCUT2D eigenvalue weighted by Gasteiger charge is 2.12. The fraction of sp³-hybridized carbons (Fsp3) is 0.364. The lowest BCUT2D eigenvalue weighted by Crippen LogP contribution is -2.23. The molecule has 1 rings (SSSR count). The summed E-state index contributed by atoms with van der Waals surface area (Å²) in [7, 11) is -3.50. The van der Waals surface area contributed by atoms with Crippen molar-refractivity contribution < 1.29 is 23.1 Å². The van der Waals surface area contributed by atoms with Crippen molar-refractivity contribution in [2.45, 2.75) is 11.8 Å². The highest BCUT2D eigenvalue weighted by molar-refractivity contribution is 7.89. The molecule has 19 heavy (non-hydrogen) atoms. The Kier molecular flexibility index (Phi) is 5.74. The molecule has 0 bridgehead atoms. The average molecular weight is 288 g/mol. The third-order valence-electron chi connectivity index (χ3n) is 2.07. The van der Waals surface area contributed by atoms with Crippen LogP contribution in [0.1, 0.15) is 6.92 Å². The van der Waals surface area contributed by atoms with Crippen LogP contribution < -0.4 is 10.0 Å². The fourth-order valence-electron chi connectivity index (χ4n) is 1.28. The van der Waals surface area contributed by atoms with Crippen LogP contribution in [0, 0.1) is 0 Å². The van der Waals surface area contributed by atoms with E-state index >= 15 is 0 Å². The number of aliphatic hydroxyl groups is 1. The minimum absolute atomic E-state index is 0.0985.